The lowest BCUT2D eigenvalue weighted by atomic mass is 9.78. The summed E-state index contributed by atoms with van der Waals surface area (Å²) >= 11 is 5.17. The molecule has 0 spiro atoms. The number of likely N-dealkylation sites (N-methyl/N-ethyl adjacent to an activating group) is 1. The van der Waals surface area contributed by atoms with Crippen molar-refractivity contribution in [1.82, 2.24) is 4.90 Å². The molecule has 3 N–H and O–H groups in total. The summed E-state index contributed by atoms with van der Waals surface area (Å²) in [6.07, 6.45) is 5.73. The molecule has 0 aromatic heterocycles. The molecule has 5 heteroatoms. The quantitative estimate of drug-likeness (QED) is 0.600. The van der Waals surface area contributed by atoms with E-state index in [-0.39, 0.29) is 18.6 Å². The van der Waals surface area contributed by atoms with Crippen molar-refractivity contribution in [3.8, 4) is 0 Å². The minimum atomic E-state index is -0.690. The third kappa shape index (κ3) is 3.01. The molecular weight excluding hydrogens is 248 g/mol. The van der Waals surface area contributed by atoms with Crippen LogP contribution < -0.4 is 5.73 Å². The van der Waals surface area contributed by atoms with Gasteiger partial charge in [0.2, 0.25) is 5.91 Å². The molecule has 1 atom stereocenters. The number of aliphatic hydroxyl groups is 1. The van der Waals surface area contributed by atoms with Gasteiger partial charge in [-0.2, -0.15) is 0 Å². The summed E-state index contributed by atoms with van der Waals surface area (Å²) in [5, 5.41) is 9.17. The van der Waals surface area contributed by atoms with Crippen LogP contribution in [0.25, 0.3) is 0 Å². The van der Waals surface area contributed by atoms with E-state index < -0.39 is 5.41 Å². The van der Waals surface area contributed by atoms with E-state index in [1.54, 1.807) is 11.9 Å². The van der Waals surface area contributed by atoms with Crippen molar-refractivity contribution in [2.75, 3.05) is 13.7 Å². The fraction of sp³-hybridized carbons (Fsp3) is 0.846. The zero-order valence-corrected chi connectivity index (χ0v) is 12.1. The highest BCUT2D eigenvalue weighted by Gasteiger charge is 2.43. The van der Waals surface area contributed by atoms with Crippen molar-refractivity contribution >= 4 is 23.1 Å². The van der Waals surface area contributed by atoms with Crippen LogP contribution in [0.4, 0.5) is 0 Å². The number of thiocarbonyl (C=S) groups is 1. The summed E-state index contributed by atoms with van der Waals surface area (Å²) in [5.41, 5.74) is 5.18. The van der Waals surface area contributed by atoms with E-state index in [2.05, 4.69) is 0 Å². The lowest BCUT2D eigenvalue weighted by molar-refractivity contribution is -0.140. The third-order valence-electron chi connectivity index (χ3n) is 4.08. The van der Waals surface area contributed by atoms with Crippen molar-refractivity contribution in [3.63, 3.8) is 0 Å². The zero-order chi connectivity index (χ0) is 13.8. The highest BCUT2D eigenvalue weighted by Crippen LogP contribution is 2.37. The molecule has 0 aromatic carbocycles. The molecule has 1 aliphatic rings. The first-order valence-electron chi connectivity index (χ1n) is 6.63. The number of nitrogens with zero attached hydrogens (tertiary/aromatic N) is 1. The Bertz CT molecular complexity index is 312. The second-order valence-corrected chi connectivity index (χ2v) is 5.75. The van der Waals surface area contributed by atoms with Crippen LogP contribution in [0.5, 0.6) is 0 Å². The van der Waals surface area contributed by atoms with E-state index >= 15 is 0 Å². The Hall–Kier alpha value is -0.680. The maximum atomic E-state index is 12.7. The standard InChI is InChI=1S/C13H24N2O2S/c1-10(9-16)15(2)12(17)13(11(14)18)7-5-3-4-6-8-13/h10,16H,3-9H2,1-2H3,(H2,14,18). The predicted molar refractivity (Wildman–Crippen MR) is 76.2 cm³/mol. The molecule has 1 amide bonds. The fourth-order valence-electron chi connectivity index (χ4n) is 2.56. The van der Waals surface area contributed by atoms with E-state index in [4.69, 9.17) is 18.0 Å². The summed E-state index contributed by atoms with van der Waals surface area (Å²) in [7, 11) is 1.72. The monoisotopic (exact) mass is 272 g/mol. The van der Waals surface area contributed by atoms with E-state index in [1.165, 1.54) is 0 Å². The second kappa shape index (κ2) is 6.48. The molecule has 1 fully saturated rings. The molecule has 1 saturated carbocycles. The van der Waals surface area contributed by atoms with E-state index in [9.17, 15) is 9.90 Å². The summed E-state index contributed by atoms with van der Waals surface area (Å²) in [6.45, 7) is 1.78. The maximum Gasteiger partial charge on any atom is 0.235 e. The lowest BCUT2D eigenvalue weighted by Crippen LogP contribution is -2.52. The van der Waals surface area contributed by atoms with Gasteiger partial charge in [0, 0.05) is 7.05 Å². The van der Waals surface area contributed by atoms with Crippen LogP contribution in [0, 0.1) is 5.41 Å². The zero-order valence-electron chi connectivity index (χ0n) is 11.3. The van der Waals surface area contributed by atoms with Gasteiger partial charge in [0.05, 0.1) is 23.1 Å². The fourth-order valence-corrected chi connectivity index (χ4v) is 2.85. The van der Waals surface area contributed by atoms with Crippen LogP contribution in [-0.2, 0) is 4.79 Å². The molecule has 0 radical (unpaired) electrons. The highest BCUT2D eigenvalue weighted by molar-refractivity contribution is 7.80. The minimum absolute atomic E-state index is 0.0292. The van der Waals surface area contributed by atoms with Gasteiger partial charge in [0.1, 0.15) is 0 Å². The van der Waals surface area contributed by atoms with Gasteiger partial charge in [-0.1, -0.05) is 37.9 Å². The van der Waals surface area contributed by atoms with Crippen LogP contribution >= 0.6 is 12.2 Å². The van der Waals surface area contributed by atoms with Gasteiger partial charge in [-0.15, -0.1) is 0 Å². The smallest absolute Gasteiger partial charge is 0.235 e. The molecule has 1 aliphatic carbocycles. The molecular formula is C13H24N2O2S. The van der Waals surface area contributed by atoms with Gasteiger partial charge >= 0.3 is 0 Å². The van der Waals surface area contributed by atoms with Crippen molar-refractivity contribution < 1.29 is 9.90 Å². The van der Waals surface area contributed by atoms with Gasteiger partial charge in [0.25, 0.3) is 0 Å². The van der Waals surface area contributed by atoms with E-state index in [1.807, 2.05) is 6.92 Å². The van der Waals surface area contributed by atoms with Crippen LogP contribution in [0.3, 0.4) is 0 Å². The van der Waals surface area contributed by atoms with Crippen LogP contribution in [0.1, 0.15) is 45.4 Å². The van der Waals surface area contributed by atoms with Crippen molar-refractivity contribution in [2.24, 2.45) is 11.1 Å². The number of nitrogens with two attached hydrogens (primary N) is 1. The number of carbonyl (C=O) groups excluding carboxylic acids is 1. The van der Waals surface area contributed by atoms with Crippen LogP contribution in [0.2, 0.25) is 0 Å². The molecule has 0 heterocycles. The normalized spacial score (nSPS) is 20.8. The highest BCUT2D eigenvalue weighted by atomic mass is 32.1. The Morgan fingerprint density at radius 1 is 1.39 bits per heavy atom. The third-order valence-corrected chi connectivity index (χ3v) is 4.47. The minimum Gasteiger partial charge on any atom is -0.394 e. The van der Waals surface area contributed by atoms with Gasteiger partial charge in [-0.05, 0) is 19.8 Å². The van der Waals surface area contributed by atoms with E-state index in [0.29, 0.717) is 4.99 Å². The van der Waals surface area contributed by atoms with Crippen molar-refractivity contribution in [3.05, 3.63) is 0 Å². The molecule has 1 unspecified atom stereocenters. The Morgan fingerprint density at radius 2 is 1.89 bits per heavy atom. The maximum absolute atomic E-state index is 12.7. The van der Waals surface area contributed by atoms with Crippen molar-refractivity contribution in [2.45, 2.75) is 51.5 Å². The number of amides is 1. The number of carbonyl (C=O) groups is 1. The van der Waals surface area contributed by atoms with Gasteiger partial charge in [0.15, 0.2) is 0 Å². The number of hydrogen-bond acceptors (Lipinski definition) is 3. The Balaban J connectivity index is 2.96. The van der Waals surface area contributed by atoms with Gasteiger partial charge in [-0.3, -0.25) is 4.79 Å². The Kier molecular flexibility index (Phi) is 5.53. The SMILES string of the molecule is CC(CO)N(C)C(=O)C1(C(N)=S)CCCCCC1. The first-order chi connectivity index (χ1) is 8.45. The second-order valence-electron chi connectivity index (χ2n) is 5.31. The first-order valence-corrected chi connectivity index (χ1v) is 7.04. The van der Waals surface area contributed by atoms with Crippen LogP contribution in [-0.4, -0.2) is 40.6 Å². The molecule has 0 saturated heterocycles. The molecule has 0 bridgehead atoms. The van der Waals surface area contributed by atoms with Crippen molar-refractivity contribution in [1.29, 1.82) is 0 Å². The topological polar surface area (TPSA) is 66.6 Å². The Labute approximate surface area is 115 Å². The molecule has 0 aromatic rings. The molecule has 0 aliphatic heterocycles. The number of aliphatic hydroxyl groups excluding tert-OH is 1. The summed E-state index contributed by atoms with van der Waals surface area (Å²) in [6, 6.07) is -0.202. The Morgan fingerprint density at radius 3 is 2.28 bits per heavy atom. The van der Waals surface area contributed by atoms with Gasteiger partial charge < -0.3 is 15.7 Å². The average molecular weight is 272 g/mol. The number of hydrogen-bond donors (Lipinski definition) is 2. The number of rotatable bonds is 4. The summed E-state index contributed by atoms with van der Waals surface area (Å²) in [4.78, 5) is 14.6. The van der Waals surface area contributed by atoms with Gasteiger partial charge in [-0.25, -0.2) is 0 Å². The molecule has 104 valence electrons. The lowest BCUT2D eigenvalue weighted by Gasteiger charge is -2.36. The largest absolute Gasteiger partial charge is 0.394 e. The molecule has 4 nitrogen and oxygen atoms in total. The van der Waals surface area contributed by atoms with Crippen LogP contribution in [0.15, 0.2) is 0 Å². The molecule has 18 heavy (non-hydrogen) atoms. The summed E-state index contributed by atoms with van der Waals surface area (Å²) < 4.78 is 0. The summed E-state index contributed by atoms with van der Waals surface area (Å²) in [5.74, 6) is -0.0292. The first kappa shape index (κ1) is 15.4. The van der Waals surface area contributed by atoms with E-state index in [0.717, 1.165) is 38.5 Å². The average Bonchev–Trinajstić information content (AvgIpc) is 2.62. The molecule has 1 rings (SSSR count). The predicted octanol–water partition coefficient (Wildman–Crippen LogP) is 1.45.